The van der Waals surface area contributed by atoms with Gasteiger partial charge in [-0.3, -0.25) is 4.68 Å². The number of rotatable bonds is 8. The highest BCUT2D eigenvalue weighted by Gasteiger charge is 2.01. The van der Waals surface area contributed by atoms with Gasteiger partial charge < -0.3 is 4.42 Å². The van der Waals surface area contributed by atoms with Crippen molar-refractivity contribution in [1.82, 2.24) is 20.0 Å². The summed E-state index contributed by atoms with van der Waals surface area (Å²) in [5, 5.41) is 7.79. The molecule has 0 saturated carbocycles. The Labute approximate surface area is 136 Å². The van der Waals surface area contributed by atoms with Crippen molar-refractivity contribution in [3.63, 3.8) is 0 Å². The molecule has 0 fully saturated rings. The van der Waals surface area contributed by atoms with Crippen LogP contribution in [0.4, 0.5) is 0 Å². The van der Waals surface area contributed by atoms with E-state index in [2.05, 4.69) is 39.6 Å². The molecule has 2 aromatic heterocycles. The Balaban J connectivity index is 1.40. The Morgan fingerprint density at radius 3 is 2.43 bits per heavy atom. The van der Waals surface area contributed by atoms with Gasteiger partial charge in [-0.1, -0.05) is 29.5 Å². The maximum Gasteiger partial charge on any atom is 0.191 e. The van der Waals surface area contributed by atoms with E-state index in [1.165, 1.54) is 11.1 Å². The first-order valence-electron chi connectivity index (χ1n) is 8.12. The van der Waals surface area contributed by atoms with Crippen molar-refractivity contribution >= 4 is 0 Å². The number of aromatic nitrogens is 4. The average molecular weight is 310 g/mol. The molecule has 0 aliphatic rings. The van der Waals surface area contributed by atoms with Gasteiger partial charge in [0, 0.05) is 19.7 Å². The lowest BCUT2D eigenvalue weighted by atomic mass is 10.0. The molecule has 0 atom stereocenters. The third-order valence-corrected chi connectivity index (χ3v) is 3.93. The molecule has 0 aliphatic heterocycles. The summed E-state index contributed by atoms with van der Waals surface area (Å²) in [7, 11) is 0. The number of benzene rings is 1. The first-order chi connectivity index (χ1) is 11.3. The van der Waals surface area contributed by atoms with Crippen LogP contribution in [0.15, 0.2) is 47.3 Å². The molecule has 23 heavy (non-hydrogen) atoms. The first-order valence-corrected chi connectivity index (χ1v) is 8.12. The van der Waals surface area contributed by atoms with E-state index in [9.17, 15) is 0 Å². The van der Waals surface area contributed by atoms with Crippen LogP contribution < -0.4 is 0 Å². The molecular weight excluding hydrogens is 288 g/mol. The topological polar surface area (TPSA) is 56.7 Å². The van der Waals surface area contributed by atoms with Crippen LogP contribution in [-0.2, 0) is 25.8 Å². The molecule has 2 heterocycles. The fraction of sp³-hybridized carbons (Fsp3) is 0.389. The van der Waals surface area contributed by atoms with E-state index in [0.29, 0.717) is 0 Å². The van der Waals surface area contributed by atoms with Gasteiger partial charge in [-0.25, -0.2) is 4.98 Å². The standard InChI is InChI=1S/C18H22N4O/c1-15-20-18(14-23-15)10-9-17-7-5-16(6-8-17)4-2-3-12-22-13-11-19-21-22/h5-8,11,13-14H,2-4,9-10,12H2,1H3. The van der Waals surface area contributed by atoms with Crippen molar-refractivity contribution < 1.29 is 4.42 Å². The number of unbranched alkanes of at least 4 members (excludes halogenated alkanes) is 1. The van der Waals surface area contributed by atoms with Gasteiger partial charge in [0.25, 0.3) is 0 Å². The van der Waals surface area contributed by atoms with Crippen molar-refractivity contribution in [2.75, 3.05) is 0 Å². The molecule has 5 nitrogen and oxygen atoms in total. The largest absolute Gasteiger partial charge is 0.449 e. The predicted octanol–water partition coefficient (Wildman–Crippen LogP) is 3.38. The van der Waals surface area contributed by atoms with Crippen LogP contribution in [0, 0.1) is 6.92 Å². The molecule has 120 valence electrons. The Bertz CT molecular complexity index is 701. The van der Waals surface area contributed by atoms with Gasteiger partial charge in [0.05, 0.1) is 11.9 Å². The van der Waals surface area contributed by atoms with E-state index in [1.807, 2.05) is 17.8 Å². The van der Waals surface area contributed by atoms with Gasteiger partial charge in [-0.15, -0.1) is 5.10 Å². The summed E-state index contributed by atoms with van der Waals surface area (Å²) in [5.41, 5.74) is 3.77. The normalized spacial score (nSPS) is 11.0. The number of oxazole rings is 1. The Hall–Kier alpha value is -2.43. The van der Waals surface area contributed by atoms with Crippen LogP contribution in [0.5, 0.6) is 0 Å². The maximum atomic E-state index is 5.23. The molecule has 0 radical (unpaired) electrons. The summed E-state index contributed by atoms with van der Waals surface area (Å²) in [6.45, 7) is 2.82. The second-order valence-corrected chi connectivity index (χ2v) is 5.80. The minimum Gasteiger partial charge on any atom is -0.449 e. The first kappa shape index (κ1) is 15.5. The number of nitrogens with zero attached hydrogens (tertiary/aromatic N) is 4. The molecule has 0 aliphatic carbocycles. The van der Waals surface area contributed by atoms with Crippen molar-refractivity contribution in [1.29, 1.82) is 0 Å². The lowest BCUT2D eigenvalue weighted by molar-refractivity contribution is 0.520. The van der Waals surface area contributed by atoms with Crippen LogP contribution >= 0.6 is 0 Å². The lowest BCUT2D eigenvalue weighted by Crippen LogP contribution is -1.99. The van der Waals surface area contributed by atoms with E-state index in [-0.39, 0.29) is 0 Å². The van der Waals surface area contributed by atoms with Crippen molar-refractivity contribution in [3.05, 3.63) is 65.6 Å². The zero-order chi connectivity index (χ0) is 15.9. The fourth-order valence-electron chi connectivity index (χ4n) is 2.62. The lowest BCUT2D eigenvalue weighted by Gasteiger charge is -2.04. The van der Waals surface area contributed by atoms with Gasteiger partial charge in [0.15, 0.2) is 5.89 Å². The van der Waals surface area contributed by atoms with Crippen LogP contribution in [0.3, 0.4) is 0 Å². The molecule has 0 bridgehead atoms. The summed E-state index contributed by atoms with van der Waals surface area (Å²) in [4.78, 5) is 4.34. The highest BCUT2D eigenvalue weighted by atomic mass is 16.3. The summed E-state index contributed by atoms with van der Waals surface area (Å²) in [6.07, 6.45) is 10.7. The van der Waals surface area contributed by atoms with E-state index >= 15 is 0 Å². The minimum absolute atomic E-state index is 0.737. The van der Waals surface area contributed by atoms with Crippen LogP contribution in [0.1, 0.15) is 35.6 Å². The average Bonchev–Trinajstić information content (AvgIpc) is 3.22. The van der Waals surface area contributed by atoms with Crippen LogP contribution in [0.25, 0.3) is 0 Å². The Morgan fingerprint density at radius 1 is 1.00 bits per heavy atom. The Morgan fingerprint density at radius 2 is 1.78 bits per heavy atom. The molecule has 0 spiro atoms. The third kappa shape index (κ3) is 4.77. The number of hydrogen-bond donors (Lipinski definition) is 0. The zero-order valence-corrected chi connectivity index (χ0v) is 13.5. The summed E-state index contributed by atoms with van der Waals surface area (Å²) in [6, 6.07) is 8.91. The van der Waals surface area contributed by atoms with Gasteiger partial charge in [0.1, 0.15) is 6.26 Å². The highest BCUT2D eigenvalue weighted by molar-refractivity contribution is 5.23. The molecule has 0 amide bonds. The third-order valence-electron chi connectivity index (χ3n) is 3.93. The zero-order valence-electron chi connectivity index (χ0n) is 13.5. The molecule has 3 rings (SSSR count). The van der Waals surface area contributed by atoms with Crippen molar-refractivity contribution in [3.8, 4) is 0 Å². The van der Waals surface area contributed by atoms with E-state index in [4.69, 9.17) is 4.42 Å². The monoisotopic (exact) mass is 310 g/mol. The smallest absolute Gasteiger partial charge is 0.191 e. The van der Waals surface area contributed by atoms with Crippen LogP contribution in [-0.4, -0.2) is 20.0 Å². The van der Waals surface area contributed by atoms with Gasteiger partial charge in [-0.05, 0) is 43.2 Å². The minimum atomic E-state index is 0.737. The molecule has 5 heteroatoms. The molecule has 1 aromatic carbocycles. The molecule has 0 unspecified atom stereocenters. The molecule has 0 saturated heterocycles. The van der Waals surface area contributed by atoms with Gasteiger partial charge >= 0.3 is 0 Å². The second kappa shape index (κ2) is 7.72. The van der Waals surface area contributed by atoms with Gasteiger partial charge in [0.2, 0.25) is 0 Å². The number of hydrogen-bond acceptors (Lipinski definition) is 4. The summed E-state index contributed by atoms with van der Waals surface area (Å²) in [5.74, 6) is 0.737. The summed E-state index contributed by atoms with van der Waals surface area (Å²) >= 11 is 0. The fourth-order valence-corrected chi connectivity index (χ4v) is 2.62. The number of aryl methyl sites for hydroxylation is 5. The predicted molar refractivity (Wildman–Crippen MR) is 88.1 cm³/mol. The van der Waals surface area contributed by atoms with Crippen molar-refractivity contribution in [2.45, 2.75) is 45.6 Å². The second-order valence-electron chi connectivity index (χ2n) is 5.80. The molecule has 0 N–H and O–H groups in total. The molecule has 3 aromatic rings. The maximum absolute atomic E-state index is 5.23. The van der Waals surface area contributed by atoms with E-state index < -0.39 is 0 Å². The van der Waals surface area contributed by atoms with E-state index in [0.717, 1.165) is 50.2 Å². The SMILES string of the molecule is Cc1nc(CCc2ccc(CCCCn3ccnn3)cc2)co1. The van der Waals surface area contributed by atoms with Crippen molar-refractivity contribution in [2.24, 2.45) is 0 Å². The highest BCUT2D eigenvalue weighted by Crippen LogP contribution is 2.11. The summed E-state index contributed by atoms with van der Waals surface area (Å²) < 4.78 is 7.12. The van der Waals surface area contributed by atoms with E-state index in [1.54, 1.807) is 12.5 Å². The van der Waals surface area contributed by atoms with Crippen LogP contribution in [0.2, 0.25) is 0 Å². The quantitative estimate of drug-likeness (QED) is 0.598. The van der Waals surface area contributed by atoms with Gasteiger partial charge in [-0.2, -0.15) is 0 Å². The molecular formula is C18H22N4O. The Kier molecular flexibility index (Phi) is 5.19.